The minimum atomic E-state index is 0.253. The number of fused-ring (bicyclic) bond motifs is 1. The van der Waals surface area contributed by atoms with Gasteiger partial charge in [-0.15, -0.1) is 0 Å². The van der Waals surface area contributed by atoms with Crippen LogP contribution >= 0.6 is 11.6 Å². The van der Waals surface area contributed by atoms with E-state index in [1.165, 1.54) is 0 Å². The first-order valence-corrected chi connectivity index (χ1v) is 7.37. The topological polar surface area (TPSA) is 42.4 Å². The van der Waals surface area contributed by atoms with Crippen LogP contribution in [-0.2, 0) is 0 Å². The van der Waals surface area contributed by atoms with Gasteiger partial charge in [-0.25, -0.2) is 0 Å². The lowest BCUT2D eigenvalue weighted by Crippen LogP contribution is -1.93. The van der Waals surface area contributed by atoms with E-state index in [4.69, 9.17) is 16.3 Å². The zero-order valence-electron chi connectivity index (χ0n) is 12.6. The summed E-state index contributed by atoms with van der Waals surface area (Å²) in [6.45, 7) is 5.71. The molecule has 0 saturated carbocycles. The summed E-state index contributed by atoms with van der Waals surface area (Å²) in [5.74, 6) is 1.64. The van der Waals surface area contributed by atoms with Crippen LogP contribution in [-0.4, -0.2) is 10.1 Å². The third-order valence-electron chi connectivity index (χ3n) is 3.78. The Morgan fingerprint density at radius 1 is 1.05 bits per heavy atom. The van der Waals surface area contributed by atoms with Crippen LogP contribution in [0.4, 0.5) is 0 Å². The molecule has 3 aromatic rings. The van der Waals surface area contributed by atoms with E-state index in [2.05, 4.69) is 4.98 Å². The maximum Gasteiger partial charge on any atom is 0.131 e. The van der Waals surface area contributed by atoms with Crippen molar-refractivity contribution in [3.8, 4) is 17.2 Å². The molecule has 22 heavy (non-hydrogen) atoms. The number of aromatic nitrogens is 1. The van der Waals surface area contributed by atoms with Crippen molar-refractivity contribution >= 4 is 22.5 Å². The summed E-state index contributed by atoms with van der Waals surface area (Å²) in [6, 6.07) is 10.9. The van der Waals surface area contributed by atoms with Gasteiger partial charge in [0.15, 0.2) is 0 Å². The fourth-order valence-corrected chi connectivity index (χ4v) is 2.46. The van der Waals surface area contributed by atoms with Gasteiger partial charge in [0.1, 0.15) is 17.2 Å². The van der Waals surface area contributed by atoms with E-state index in [-0.39, 0.29) is 5.75 Å². The smallest absolute Gasteiger partial charge is 0.131 e. The molecule has 3 nitrogen and oxygen atoms in total. The van der Waals surface area contributed by atoms with Crippen molar-refractivity contribution in [2.75, 3.05) is 0 Å². The van der Waals surface area contributed by atoms with Gasteiger partial charge in [-0.05, 0) is 62.7 Å². The molecule has 2 aromatic carbocycles. The van der Waals surface area contributed by atoms with E-state index in [1.54, 1.807) is 12.1 Å². The van der Waals surface area contributed by atoms with Gasteiger partial charge in [-0.3, -0.25) is 4.98 Å². The van der Waals surface area contributed by atoms with Crippen molar-refractivity contribution < 1.29 is 9.84 Å². The Kier molecular flexibility index (Phi) is 3.67. The first-order chi connectivity index (χ1) is 10.5. The van der Waals surface area contributed by atoms with Crippen molar-refractivity contribution in [3.63, 3.8) is 0 Å². The highest BCUT2D eigenvalue weighted by Crippen LogP contribution is 2.35. The number of ether oxygens (including phenoxy) is 1. The fourth-order valence-electron chi connectivity index (χ4n) is 2.33. The van der Waals surface area contributed by atoms with Crippen LogP contribution in [0, 0.1) is 20.8 Å². The number of halogens is 1. The molecule has 1 heterocycles. The summed E-state index contributed by atoms with van der Waals surface area (Å²) in [5, 5.41) is 11.7. The molecule has 0 aliphatic carbocycles. The summed E-state index contributed by atoms with van der Waals surface area (Å²) in [4.78, 5) is 4.52. The van der Waals surface area contributed by atoms with Gasteiger partial charge < -0.3 is 9.84 Å². The van der Waals surface area contributed by atoms with E-state index in [0.717, 1.165) is 22.3 Å². The lowest BCUT2D eigenvalue weighted by molar-refractivity contribution is 0.471. The zero-order chi connectivity index (χ0) is 15.9. The first-order valence-electron chi connectivity index (χ1n) is 6.99. The first kappa shape index (κ1) is 14.7. The van der Waals surface area contributed by atoms with Crippen LogP contribution in [0.15, 0.2) is 36.4 Å². The Labute approximate surface area is 134 Å². The standard InChI is InChI=1S/C18H16ClNO2/c1-10-8-16-15(18(21)11(2)12(3)20-16)9-17(10)22-14-6-4-13(19)5-7-14/h4-9H,1-3H3,(H,20,21). The third kappa shape index (κ3) is 2.60. The minimum absolute atomic E-state index is 0.253. The van der Waals surface area contributed by atoms with Gasteiger partial charge >= 0.3 is 0 Å². The Bertz CT molecular complexity index is 857. The van der Waals surface area contributed by atoms with Gasteiger partial charge in [0.2, 0.25) is 0 Å². The molecule has 0 spiro atoms. The minimum Gasteiger partial charge on any atom is -0.507 e. The molecular formula is C18H16ClNO2. The molecular weight excluding hydrogens is 298 g/mol. The molecule has 0 aliphatic rings. The summed E-state index contributed by atoms with van der Waals surface area (Å²) in [7, 11) is 0. The van der Waals surface area contributed by atoms with E-state index < -0.39 is 0 Å². The normalized spacial score (nSPS) is 10.9. The largest absolute Gasteiger partial charge is 0.507 e. The van der Waals surface area contributed by atoms with Crippen LogP contribution in [0.25, 0.3) is 10.9 Å². The molecule has 0 unspecified atom stereocenters. The number of nitrogens with zero attached hydrogens (tertiary/aromatic N) is 1. The Morgan fingerprint density at radius 2 is 1.73 bits per heavy atom. The van der Waals surface area contributed by atoms with Crippen molar-refractivity contribution in [3.05, 3.63) is 58.2 Å². The molecule has 112 valence electrons. The Balaban J connectivity index is 2.10. The second-order valence-corrected chi connectivity index (χ2v) is 5.80. The summed E-state index contributed by atoms with van der Waals surface area (Å²) in [6.07, 6.45) is 0. The molecule has 0 bridgehead atoms. The zero-order valence-corrected chi connectivity index (χ0v) is 13.4. The second kappa shape index (κ2) is 5.50. The number of benzene rings is 2. The highest BCUT2D eigenvalue weighted by Gasteiger charge is 2.12. The number of pyridine rings is 1. The maximum atomic E-state index is 10.3. The molecule has 0 fully saturated rings. The fraction of sp³-hybridized carbons (Fsp3) is 0.167. The molecule has 0 saturated heterocycles. The van der Waals surface area contributed by atoms with Gasteiger partial charge in [0, 0.05) is 21.7 Å². The molecule has 3 rings (SSSR count). The molecule has 0 amide bonds. The number of aromatic hydroxyl groups is 1. The third-order valence-corrected chi connectivity index (χ3v) is 4.03. The van der Waals surface area contributed by atoms with E-state index >= 15 is 0 Å². The molecule has 0 radical (unpaired) electrons. The van der Waals surface area contributed by atoms with Gasteiger partial charge in [-0.2, -0.15) is 0 Å². The maximum absolute atomic E-state index is 10.3. The summed E-state index contributed by atoms with van der Waals surface area (Å²) in [5.41, 5.74) is 3.34. The summed E-state index contributed by atoms with van der Waals surface area (Å²) >= 11 is 5.88. The van der Waals surface area contributed by atoms with Crippen molar-refractivity contribution in [1.29, 1.82) is 0 Å². The quantitative estimate of drug-likeness (QED) is 0.697. The van der Waals surface area contributed by atoms with Crippen molar-refractivity contribution in [2.45, 2.75) is 20.8 Å². The number of hydrogen-bond donors (Lipinski definition) is 1. The Morgan fingerprint density at radius 3 is 2.41 bits per heavy atom. The highest BCUT2D eigenvalue weighted by atomic mass is 35.5. The molecule has 1 N–H and O–H groups in total. The second-order valence-electron chi connectivity index (χ2n) is 5.36. The van der Waals surface area contributed by atoms with Crippen LogP contribution in [0.5, 0.6) is 17.2 Å². The van der Waals surface area contributed by atoms with E-state index in [1.807, 2.05) is 45.0 Å². The lowest BCUT2D eigenvalue weighted by atomic mass is 10.1. The van der Waals surface area contributed by atoms with Gasteiger partial charge in [0.25, 0.3) is 0 Å². The number of rotatable bonds is 2. The number of aryl methyl sites for hydroxylation is 2. The highest BCUT2D eigenvalue weighted by molar-refractivity contribution is 6.30. The average Bonchev–Trinajstić information content (AvgIpc) is 2.49. The van der Waals surface area contributed by atoms with Crippen LogP contribution in [0.2, 0.25) is 5.02 Å². The Hall–Kier alpha value is -2.26. The van der Waals surface area contributed by atoms with Crippen LogP contribution < -0.4 is 4.74 Å². The molecule has 1 aromatic heterocycles. The molecule has 0 atom stereocenters. The van der Waals surface area contributed by atoms with Crippen LogP contribution in [0.1, 0.15) is 16.8 Å². The monoisotopic (exact) mass is 313 g/mol. The van der Waals surface area contributed by atoms with Crippen molar-refractivity contribution in [2.24, 2.45) is 0 Å². The summed E-state index contributed by atoms with van der Waals surface area (Å²) < 4.78 is 5.90. The predicted molar refractivity (Wildman–Crippen MR) is 89.1 cm³/mol. The molecule has 4 heteroatoms. The number of hydrogen-bond acceptors (Lipinski definition) is 3. The SMILES string of the molecule is Cc1cc2nc(C)c(C)c(O)c2cc1Oc1ccc(Cl)cc1. The van der Waals surface area contributed by atoms with E-state index in [9.17, 15) is 5.11 Å². The van der Waals surface area contributed by atoms with Gasteiger partial charge in [-0.1, -0.05) is 11.6 Å². The molecule has 0 aliphatic heterocycles. The van der Waals surface area contributed by atoms with Crippen LogP contribution in [0.3, 0.4) is 0 Å². The van der Waals surface area contributed by atoms with Gasteiger partial charge in [0.05, 0.1) is 5.52 Å². The van der Waals surface area contributed by atoms with Crippen molar-refractivity contribution in [1.82, 2.24) is 4.98 Å². The predicted octanol–water partition coefficient (Wildman–Crippen LogP) is 5.31. The van der Waals surface area contributed by atoms with E-state index in [0.29, 0.717) is 21.9 Å². The average molecular weight is 314 g/mol. The lowest BCUT2D eigenvalue weighted by Gasteiger charge is -2.12.